The van der Waals surface area contributed by atoms with Crippen LogP contribution in [-0.2, 0) is 9.84 Å². The number of ether oxygens (including phenoxy) is 1. The Labute approximate surface area is 82.6 Å². The molecule has 80 valence electrons. The Morgan fingerprint density at radius 3 is 2.57 bits per heavy atom. The van der Waals surface area contributed by atoms with Crippen LogP contribution in [0.1, 0.15) is 0 Å². The Morgan fingerprint density at radius 2 is 2.14 bits per heavy atom. The van der Waals surface area contributed by atoms with E-state index in [4.69, 9.17) is 0 Å². The number of methoxy groups -OCH3 is 1. The van der Waals surface area contributed by atoms with E-state index < -0.39 is 26.4 Å². The molecule has 0 atom stereocenters. The molecule has 0 amide bonds. The molecule has 5 nitrogen and oxygen atoms in total. The zero-order valence-electron chi connectivity index (χ0n) is 6.98. The highest BCUT2D eigenvalue weighted by atomic mass is 32.2. The fourth-order valence-electron chi connectivity index (χ4n) is 0.642. The van der Waals surface area contributed by atoms with Crippen molar-refractivity contribution in [2.24, 2.45) is 0 Å². The zero-order valence-corrected chi connectivity index (χ0v) is 8.61. The van der Waals surface area contributed by atoms with Gasteiger partial charge in [0.15, 0.2) is 0 Å². The first kappa shape index (κ1) is 11.2. The normalized spacial score (nSPS) is 12.0. The number of halogens is 2. The van der Waals surface area contributed by atoms with Gasteiger partial charge in [-0.05, 0) is 11.3 Å². The Hall–Kier alpha value is -0.830. The lowest BCUT2D eigenvalue weighted by Gasteiger charge is -1.96. The lowest BCUT2D eigenvalue weighted by Crippen LogP contribution is -2.13. The van der Waals surface area contributed by atoms with Gasteiger partial charge in [-0.25, -0.2) is 17.2 Å². The number of alkyl halides is 2. The summed E-state index contributed by atoms with van der Waals surface area (Å²) in [5.41, 5.74) is 0. The van der Waals surface area contributed by atoms with Crippen LogP contribution >= 0.6 is 11.3 Å². The topological polar surface area (TPSA) is 69.2 Å². The second kappa shape index (κ2) is 4.13. The van der Waals surface area contributed by atoms with Gasteiger partial charge in [-0.15, -0.1) is 5.10 Å². The Kier molecular flexibility index (Phi) is 3.32. The fourth-order valence-corrected chi connectivity index (χ4v) is 2.60. The van der Waals surface area contributed by atoms with Crippen LogP contribution in [0.15, 0.2) is 4.34 Å². The number of aromatic nitrogens is 2. The first-order valence-electron chi connectivity index (χ1n) is 3.34. The van der Waals surface area contributed by atoms with Crippen LogP contribution in [0, 0.1) is 0 Å². The SMILES string of the molecule is COc1nnc(S(=O)(=O)CC(F)F)s1. The predicted molar refractivity (Wildman–Crippen MR) is 44.5 cm³/mol. The summed E-state index contributed by atoms with van der Waals surface area (Å²) in [6.45, 7) is 0. The number of rotatable bonds is 4. The molecule has 0 aliphatic heterocycles. The van der Waals surface area contributed by atoms with Gasteiger partial charge < -0.3 is 4.74 Å². The summed E-state index contributed by atoms with van der Waals surface area (Å²) < 4.78 is 50.1. The van der Waals surface area contributed by atoms with E-state index in [1.807, 2.05) is 0 Å². The molecular formula is C5H6F2N2O3S2. The molecule has 0 saturated carbocycles. The highest BCUT2D eigenvalue weighted by Crippen LogP contribution is 2.23. The van der Waals surface area contributed by atoms with Crippen molar-refractivity contribution >= 4 is 21.2 Å². The molecule has 0 unspecified atom stereocenters. The third-order valence-corrected chi connectivity index (χ3v) is 4.17. The van der Waals surface area contributed by atoms with Crippen LogP contribution in [-0.4, -0.2) is 37.9 Å². The number of hydrogen-bond acceptors (Lipinski definition) is 6. The number of nitrogens with zero attached hydrogens (tertiary/aromatic N) is 2. The maximum absolute atomic E-state index is 11.9. The lowest BCUT2D eigenvalue weighted by molar-refractivity contribution is 0.174. The first-order chi connectivity index (χ1) is 6.45. The minimum absolute atomic E-state index is 0.0258. The van der Waals surface area contributed by atoms with E-state index in [1.165, 1.54) is 7.11 Å². The maximum Gasteiger partial charge on any atom is 0.294 e. The van der Waals surface area contributed by atoms with E-state index in [9.17, 15) is 17.2 Å². The summed E-state index contributed by atoms with van der Waals surface area (Å²) in [7, 11) is -2.75. The monoisotopic (exact) mass is 244 g/mol. The molecule has 0 N–H and O–H groups in total. The second-order valence-electron chi connectivity index (χ2n) is 2.21. The zero-order chi connectivity index (χ0) is 10.8. The average Bonchev–Trinajstić information content (AvgIpc) is 2.49. The molecule has 1 heterocycles. The van der Waals surface area contributed by atoms with Gasteiger partial charge in [0.25, 0.3) is 11.6 Å². The molecule has 0 aromatic carbocycles. The van der Waals surface area contributed by atoms with E-state index in [1.54, 1.807) is 0 Å². The highest BCUT2D eigenvalue weighted by molar-refractivity contribution is 7.93. The largest absolute Gasteiger partial charge is 0.472 e. The van der Waals surface area contributed by atoms with Crippen LogP contribution in [0.5, 0.6) is 5.19 Å². The Morgan fingerprint density at radius 1 is 1.50 bits per heavy atom. The van der Waals surface area contributed by atoms with Crippen molar-refractivity contribution in [3.05, 3.63) is 0 Å². The molecule has 1 aromatic heterocycles. The molecular weight excluding hydrogens is 238 g/mol. The van der Waals surface area contributed by atoms with Crippen molar-refractivity contribution in [2.75, 3.05) is 12.9 Å². The summed E-state index contributed by atoms with van der Waals surface area (Å²) in [6.07, 6.45) is -2.92. The van der Waals surface area contributed by atoms with Crippen molar-refractivity contribution in [1.29, 1.82) is 0 Å². The molecule has 0 aliphatic rings. The molecule has 14 heavy (non-hydrogen) atoms. The molecule has 0 spiro atoms. The first-order valence-corrected chi connectivity index (χ1v) is 5.81. The van der Waals surface area contributed by atoms with Gasteiger partial charge in [-0.1, -0.05) is 5.10 Å². The average molecular weight is 244 g/mol. The van der Waals surface area contributed by atoms with Crippen LogP contribution in [0.3, 0.4) is 0 Å². The summed E-state index contributed by atoms with van der Waals surface area (Å²) >= 11 is 0.616. The third-order valence-electron chi connectivity index (χ3n) is 1.17. The third kappa shape index (κ3) is 2.58. The maximum atomic E-state index is 11.9. The van der Waals surface area contributed by atoms with Gasteiger partial charge in [0, 0.05) is 0 Å². The van der Waals surface area contributed by atoms with Gasteiger partial charge in [0.2, 0.25) is 14.2 Å². The van der Waals surface area contributed by atoms with Crippen molar-refractivity contribution in [1.82, 2.24) is 10.2 Å². The number of sulfone groups is 1. The highest BCUT2D eigenvalue weighted by Gasteiger charge is 2.25. The smallest absolute Gasteiger partial charge is 0.294 e. The van der Waals surface area contributed by atoms with E-state index in [2.05, 4.69) is 14.9 Å². The predicted octanol–water partition coefficient (Wildman–Crippen LogP) is 0.585. The minimum atomic E-state index is -4.03. The molecule has 0 fully saturated rings. The van der Waals surface area contributed by atoms with E-state index >= 15 is 0 Å². The minimum Gasteiger partial charge on any atom is -0.472 e. The summed E-state index contributed by atoms with van der Waals surface area (Å²) in [4.78, 5) is 0. The van der Waals surface area contributed by atoms with Crippen LogP contribution in [0.4, 0.5) is 8.78 Å². The second-order valence-corrected chi connectivity index (χ2v) is 5.36. The summed E-state index contributed by atoms with van der Waals surface area (Å²) in [5, 5.41) is 6.59. The molecule has 1 aromatic rings. The fraction of sp³-hybridized carbons (Fsp3) is 0.600. The van der Waals surface area contributed by atoms with E-state index in [0.29, 0.717) is 11.3 Å². The lowest BCUT2D eigenvalue weighted by atomic mass is 10.9. The molecule has 0 saturated heterocycles. The van der Waals surface area contributed by atoms with Gasteiger partial charge in [-0.3, -0.25) is 0 Å². The number of hydrogen-bond donors (Lipinski definition) is 0. The van der Waals surface area contributed by atoms with Crippen molar-refractivity contribution < 1.29 is 21.9 Å². The molecule has 0 aliphatic carbocycles. The van der Waals surface area contributed by atoms with Crippen LogP contribution in [0.25, 0.3) is 0 Å². The van der Waals surface area contributed by atoms with Gasteiger partial charge >= 0.3 is 0 Å². The standard InChI is InChI=1S/C5H6F2N2O3S2/c1-12-4-8-9-5(13-4)14(10,11)2-3(6)7/h3H,2H2,1H3. The van der Waals surface area contributed by atoms with Crippen LogP contribution in [0.2, 0.25) is 0 Å². The molecule has 1 rings (SSSR count). The molecule has 0 radical (unpaired) electrons. The van der Waals surface area contributed by atoms with Gasteiger partial charge in [0.05, 0.1) is 7.11 Å². The molecule has 9 heteroatoms. The summed E-state index contributed by atoms with van der Waals surface area (Å²) in [5.74, 6) is -1.24. The Bertz CT molecular complexity index is 403. The summed E-state index contributed by atoms with van der Waals surface area (Å²) in [6, 6.07) is 0. The Balaban J connectivity index is 2.93. The van der Waals surface area contributed by atoms with Crippen molar-refractivity contribution in [3.8, 4) is 5.19 Å². The van der Waals surface area contributed by atoms with Crippen molar-refractivity contribution in [2.45, 2.75) is 10.8 Å². The quantitative estimate of drug-likeness (QED) is 0.775. The van der Waals surface area contributed by atoms with Crippen LogP contribution < -0.4 is 4.74 Å². The van der Waals surface area contributed by atoms with Gasteiger partial charge in [0.1, 0.15) is 5.75 Å². The molecule has 0 bridgehead atoms. The van der Waals surface area contributed by atoms with Gasteiger partial charge in [-0.2, -0.15) is 0 Å². The van der Waals surface area contributed by atoms with E-state index in [-0.39, 0.29) is 5.19 Å². The van der Waals surface area contributed by atoms with Crippen molar-refractivity contribution in [3.63, 3.8) is 0 Å². The van der Waals surface area contributed by atoms with E-state index in [0.717, 1.165) is 0 Å².